The van der Waals surface area contributed by atoms with Gasteiger partial charge in [-0.05, 0) is 13.8 Å². The van der Waals surface area contributed by atoms with Crippen molar-refractivity contribution in [3.63, 3.8) is 0 Å². The minimum absolute atomic E-state index is 0.303. The molecule has 0 rings (SSSR count). The summed E-state index contributed by atoms with van der Waals surface area (Å²) in [6.45, 7) is -0.152. The monoisotopic (exact) mass is 285 g/mol. The molecule has 0 aromatic carbocycles. The number of aliphatic hydroxyl groups is 1. The summed E-state index contributed by atoms with van der Waals surface area (Å²) in [7, 11) is 1.10. The number of carbonyl (C=O) groups excluding carboxylic acids is 2. The summed E-state index contributed by atoms with van der Waals surface area (Å²) in [4.78, 5) is 24.0. The van der Waals surface area contributed by atoms with Gasteiger partial charge in [0.25, 0.3) is 0 Å². The Morgan fingerprint density at radius 2 is 1.79 bits per heavy atom. The molecular formula is C11H18F3NO4. The van der Waals surface area contributed by atoms with Crippen molar-refractivity contribution in [3.05, 3.63) is 0 Å². The minimum atomic E-state index is -4.48. The van der Waals surface area contributed by atoms with Gasteiger partial charge in [0.05, 0.1) is 26.8 Å². The molecule has 5 nitrogen and oxygen atoms in total. The summed E-state index contributed by atoms with van der Waals surface area (Å²) in [5.41, 5.74) is -1.52. The van der Waals surface area contributed by atoms with Crippen molar-refractivity contribution < 1.29 is 32.6 Å². The number of nitrogens with zero attached hydrogens (tertiary/aromatic N) is 1. The van der Waals surface area contributed by atoms with Gasteiger partial charge < -0.3 is 9.84 Å². The van der Waals surface area contributed by atoms with Crippen LogP contribution < -0.4 is 0 Å². The average molecular weight is 285 g/mol. The lowest BCUT2D eigenvalue weighted by Gasteiger charge is -2.26. The summed E-state index contributed by atoms with van der Waals surface area (Å²) in [6.07, 6.45) is -4.48. The molecule has 112 valence electrons. The molecule has 8 heteroatoms. The zero-order valence-corrected chi connectivity index (χ0v) is 11.1. The Morgan fingerprint density at radius 3 is 2.16 bits per heavy atom. The molecule has 0 heterocycles. The highest BCUT2D eigenvalue weighted by Gasteiger charge is 2.39. The first kappa shape index (κ1) is 17.8. The quantitative estimate of drug-likeness (QED) is 0.548. The van der Waals surface area contributed by atoms with Crippen LogP contribution in [0.1, 0.15) is 13.8 Å². The molecule has 0 radical (unpaired) electrons. The van der Waals surface area contributed by atoms with Gasteiger partial charge in [-0.2, -0.15) is 13.2 Å². The number of methoxy groups -OCH3 is 1. The van der Waals surface area contributed by atoms with Gasteiger partial charge in [-0.3, -0.25) is 14.5 Å². The number of hydrogen-bond donors (Lipinski definition) is 1. The zero-order valence-electron chi connectivity index (χ0n) is 11.1. The number of hydrogen-bond acceptors (Lipinski definition) is 5. The summed E-state index contributed by atoms with van der Waals surface area (Å²) >= 11 is 0. The van der Waals surface area contributed by atoms with Crippen LogP contribution in [0.2, 0.25) is 0 Å². The van der Waals surface area contributed by atoms with Crippen molar-refractivity contribution in [3.8, 4) is 0 Å². The maximum Gasteiger partial charge on any atom is 0.401 e. The summed E-state index contributed by atoms with van der Waals surface area (Å²) in [6, 6.07) is 0. The SMILES string of the molecule is COC(=O)C(C)(C)C(=O)CN(CCO)CC(F)(F)F. The molecule has 0 fully saturated rings. The van der Waals surface area contributed by atoms with Crippen molar-refractivity contribution in [1.29, 1.82) is 0 Å². The molecule has 0 aliphatic heterocycles. The van der Waals surface area contributed by atoms with Gasteiger partial charge in [0.2, 0.25) is 0 Å². The van der Waals surface area contributed by atoms with Crippen molar-refractivity contribution in [2.75, 3.05) is 33.4 Å². The average Bonchev–Trinajstić information content (AvgIpc) is 2.25. The molecule has 19 heavy (non-hydrogen) atoms. The molecular weight excluding hydrogens is 267 g/mol. The number of ketones is 1. The van der Waals surface area contributed by atoms with E-state index < -0.39 is 43.0 Å². The van der Waals surface area contributed by atoms with Crippen LogP contribution in [0.15, 0.2) is 0 Å². The predicted octanol–water partition coefficient (Wildman–Crippen LogP) is 0.611. The van der Waals surface area contributed by atoms with Crippen LogP contribution >= 0.6 is 0 Å². The highest BCUT2D eigenvalue weighted by Crippen LogP contribution is 2.21. The maximum atomic E-state index is 12.3. The van der Waals surface area contributed by atoms with Crippen LogP contribution in [0.25, 0.3) is 0 Å². The van der Waals surface area contributed by atoms with E-state index in [4.69, 9.17) is 5.11 Å². The molecule has 0 saturated carbocycles. The van der Waals surface area contributed by atoms with Gasteiger partial charge >= 0.3 is 12.1 Å². The Labute approximate surface area is 109 Å². The molecule has 0 spiro atoms. The second-order valence-electron chi connectivity index (χ2n) is 4.59. The van der Waals surface area contributed by atoms with E-state index in [1.54, 1.807) is 0 Å². The molecule has 0 aromatic heterocycles. The van der Waals surface area contributed by atoms with Gasteiger partial charge in [0, 0.05) is 6.54 Å². The van der Waals surface area contributed by atoms with Gasteiger partial charge in [0.1, 0.15) is 5.41 Å². The van der Waals surface area contributed by atoms with Crippen LogP contribution in [0.4, 0.5) is 13.2 Å². The van der Waals surface area contributed by atoms with E-state index in [2.05, 4.69) is 4.74 Å². The molecule has 1 N–H and O–H groups in total. The number of aliphatic hydroxyl groups excluding tert-OH is 1. The van der Waals surface area contributed by atoms with E-state index in [-0.39, 0.29) is 6.54 Å². The number of rotatable bonds is 7. The van der Waals surface area contributed by atoms with Crippen LogP contribution in [-0.4, -0.2) is 61.3 Å². The van der Waals surface area contributed by atoms with E-state index in [9.17, 15) is 22.8 Å². The fourth-order valence-corrected chi connectivity index (χ4v) is 1.38. The van der Waals surface area contributed by atoms with Crippen molar-refractivity contribution >= 4 is 11.8 Å². The lowest BCUT2D eigenvalue weighted by Crippen LogP contribution is -2.45. The van der Waals surface area contributed by atoms with E-state index in [0.29, 0.717) is 0 Å². The van der Waals surface area contributed by atoms with Crippen LogP contribution in [-0.2, 0) is 14.3 Å². The molecule has 0 aromatic rings. The molecule has 0 unspecified atom stereocenters. The van der Waals surface area contributed by atoms with Crippen molar-refractivity contribution in [1.82, 2.24) is 4.90 Å². The van der Waals surface area contributed by atoms with Crippen molar-refractivity contribution in [2.24, 2.45) is 5.41 Å². The normalized spacial score (nSPS) is 12.6. The topological polar surface area (TPSA) is 66.8 Å². The van der Waals surface area contributed by atoms with E-state index >= 15 is 0 Å². The maximum absolute atomic E-state index is 12.3. The number of carbonyl (C=O) groups is 2. The van der Waals surface area contributed by atoms with Gasteiger partial charge in [-0.25, -0.2) is 0 Å². The number of Topliss-reactive ketones (excluding diaryl/α,β-unsaturated/α-hetero) is 1. The first-order chi connectivity index (χ1) is 8.54. The Morgan fingerprint density at radius 1 is 1.26 bits per heavy atom. The molecule has 0 aliphatic carbocycles. The van der Waals surface area contributed by atoms with Crippen molar-refractivity contribution in [2.45, 2.75) is 20.0 Å². The van der Waals surface area contributed by atoms with E-state index in [0.717, 1.165) is 12.0 Å². The lowest BCUT2D eigenvalue weighted by atomic mass is 9.88. The number of alkyl halides is 3. The minimum Gasteiger partial charge on any atom is -0.468 e. The molecule has 0 aliphatic rings. The Kier molecular flexibility index (Phi) is 6.44. The van der Waals surface area contributed by atoms with Crippen LogP contribution in [0.5, 0.6) is 0 Å². The number of esters is 1. The highest BCUT2D eigenvalue weighted by molar-refractivity contribution is 6.03. The number of halogens is 3. The molecule has 0 atom stereocenters. The smallest absolute Gasteiger partial charge is 0.401 e. The molecule has 0 amide bonds. The zero-order chi connectivity index (χ0) is 15.3. The fraction of sp³-hybridized carbons (Fsp3) is 0.818. The molecule has 0 bridgehead atoms. The Balaban J connectivity index is 4.76. The second-order valence-corrected chi connectivity index (χ2v) is 4.59. The Bertz CT molecular complexity index is 328. The summed E-state index contributed by atoms with van der Waals surface area (Å²) in [5, 5.41) is 8.69. The molecule has 0 saturated heterocycles. The van der Waals surface area contributed by atoms with Gasteiger partial charge in [0.15, 0.2) is 5.78 Å². The second kappa shape index (κ2) is 6.85. The highest BCUT2D eigenvalue weighted by atomic mass is 19.4. The predicted molar refractivity (Wildman–Crippen MR) is 60.4 cm³/mol. The fourth-order valence-electron chi connectivity index (χ4n) is 1.38. The van der Waals surface area contributed by atoms with Gasteiger partial charge in [-0.15, -0.1) is 0 Å². The van der Waals surface area contributed by atoms with E-state index in [1.807, 2.05) is 0 Å². The standard InChI is InChI=1S/C11H18F3NO4/c1-10(2,9(18)19-3)8(17)6-15(4-5-16)7-11(12,13)14/h16H,4-7H2,1-3H3. The summed E-state index contributed by atoms with van der Waals surface area (Å²) in [5.74, 6) is -1.51. The third-order valence-electron chi connectivity index (χ3n) is 2.58. The van der Waals surface area contributed by atoms with Crippen LogP contribution in [0, 0.1) is 5.41 Å². The van der Waals surface area contributed by atoms with Gasteiger partial charge in [-0.1, -0.05) is 0 Å². The first-order valence-electron chi connectivity index (χ1n) is 5.56. The third kappa shape index (κ3) is 6.02. The third-order valence-corrected chi connectivity index (χ3v) is 2.58. The first-order valence-corrected chi connectivity index (χ1v) is 5.56. The lowest BCUT2D eigenvalue weighted by molar-refractivity contribution is -0.159. The largest absolute Gasteiger partial charge is 0.468 e. The van der Waals surface area contributed by atoms with E-state index in [1.165, 1.54) is 13.8 Å². The number of ether oxygens (including phenoxy) is 1. The van der Waals surface area contributed by atoms with Crippen LogP contribution in [0.3, 0.4) is 0 Å². The Hall–Kier alpha value is -1.15. The summed E-state index contributed by atoms with van der Waals surface area (Å²) < 4.78 is 41.3.